The number of nitrogens with one attached hydrogen (secondary N) is 3. The third kappa shape index (κ3) is 5.46. The van der Waals surface area contributed by atoms with E-state index in [1.54, 1.807) is 24.3 Å². The van der Waals surface area contributed by atoms with Gasteiger partial charge in [0.15, 0.2) is 11.0 Å². The smallest absolute Gasteiger partial charge is 0.271 e. The molecule has 7 nitrogen and oxygen atoms in total. The van der Waals surface area contributed by atoms with Gasteiger partial charge in [-0.1, -0.05) is 46.4 Å². The fourth-order valence-electron chi connectivity index (χ4n) is 3.39. The van der Waals surface area contributed by atoms with E-state index in [1.165, 1.54) is 24.3 Å². The van der Waals surface area contributed by atoms with E-state index in [0.29, 0.717) is 21.3 Å². The summed E-state index contributed by atoms with van der Waals surface area (Å²) >= 11 is 36.8. The highest BCUT2D eigenvalue weighted by molar-refractivity contribution is 6.53. The number of carbonyl (C=O) groups excluding carboxylic acids is 2. The van der Waals surface area contributed by atoms with Crippen LogP contribution in [0.5, 0.6) is 0 Å². The van der Waals surface area contributed by atoms with Gasteiger partial charge in [-0.2, -0.15) is 0 Å². The van der Waals surface area contributed by atoms with Crippen molar-refractivity contribution in [3.8, 4) is 0 Å². The highest BCUT2D eigenvalue weighted by atomic mass is 35.5. The van der Waals surface area contributed by atoms with Crippen LogP contribution in [0, 0.1) is 5.92 Å². The molecule has 2 aromatic carbocycles. The standard InChI is InChI=1S/C21H13Cl6N5O2/c22-10-5-9(6-11(23)7-10)17-18(21(17,26)27)20(34)28-12-1-2-14(24)13(8-12)19(33)32-31-16-4-3-15(25)29-30-16/h1-8,17-18H,(H,28,34)(H,30,31)(H,32,33)/t17-,18+/m0/s1. The Kier molecular flexibility index (Phi) is 7.33. The lowest BCUT2D eigenvalue weighted by Gasteiger charge is -2.11. The number of anilines is 2. The summed E-state index contributed by atoms with van der Waals surface area (Å²) in [6.45, 7) is 0. The molecule has 0 unspecified atom stereocenters. The summed E-state index contributed by atoms with van der Waals surface area (Å²) < 4.78 is -1.34. The van der Waals surface area contributed by atoms with Crippen molar-refractivity contribution in [2.24, 2.45) is 5.92 Å². The number of aromatic nitrogens is 2. The predicted octanol–water partition coefficient (Wildman–Crippen LogP) is 6.37. The zero-order chi connectivity index (χ0) is 24.6. The Labute approximate surface area is 224 Å². The number of rotatable bonds is 6. The molecule has 0 saturated heterocycles. The highest BCUT2D eigenvalue weighted by Crippen LogP contribution is 2.65. The molecule has 4 rings (SSSR count). The van der Waals surface area contributed by atoms with Gasteiger partial charge in [0, 0.05) is 21.7 Å². The van der Waals surface area contributed by atoms with Gasteiger partial charge < -0.3 is 5.32 Å². The second kappa shape index (κ2) is 9.93. The minimum atomic E-state index is -1.34. The summed E-state index contributed by atoms with van der Waals surface area (Å²) in [7, 11) is 0. The summed E-state index contributed by atoms with van der Waals surface area (Å²) in [6.07, 6.45) is 0. The monoisotopic (exact) mass is 577 g/mol. The molecule has 34 heavy (non-hydrogen) atoms. The molecule has 2 amide bonds. The Morgan fingerprint density at radius 1 is 0.882 bits per heavy atom. The molecule has 13 heteroatoms. The third-order valence-electron chi connectivity index (χ3n) is 4.99. The summed E-state index contributed by atoms with van der Waals surface area (Å²) in [5, 5.41) is 11.3. The van der Waals surface area contributed by atoms with Gasteiger partial charge in [-0.05, 0) is 54.1 Å². The maximum Gasteiger partial charge on any atom is 0.271 e. The minimum Gasteiger partial charge on any atom is -0.326 e. The van der Waals surface area contributed by atoms with Gasteiger partial charge in [0.1, 0.15) is 4.33 Å². The number of benzene rings is 2. The van der Waals surface area contributed by atoms with Crippen molar-refractivity contribution in [1.82, 2.24) is 15.6 Å². The minimum absolute atomic E-state index is 0.103. The first-order valence-electron chi connectivity index (χ1n) is 9.56. The maximum atomic E-state index is 12.9. The first kappa shape index (κ1) is 25.1. The van der Waals surface area contributed by atoms with Crippen LogP contribution in [0.1, 0.15) is 21.8 Å². The van der Waals surface area contributed by atoms with Crippen LogP contribution in [0.2, 0.25) is 20.2 Å². The quantitative estimate of drug-likeness (QED) is 0.233. The molecular formula is C21H13Cl6N5O2. The number of alkyl halides is 2. The molecule has 2 atom stereocenters. The van der Waals surface area contributed by atoms with Gasteiger partial charge in [0.05, 0.1) is 16.5 Å². The van der Waals surface area contributed by atoms with E-state index in [4.69, 9.17) is 69.6 Å². The number of carbonyl (C=O) groups is 2. The first-order chi connectivity index (χ1) is 16.1. The molecule has 0 aliphatic heterocycles. The fourth-order valence-corrected chi connectivity index (χ4v) is 5.07. The van der Waals surface area contributed by atoms with E-state index in [9.17, 15) is 9.59 Å². The lowest BCUT2D eigenvalue weighted by Crippen LogP contribution is -2.30. The van der Waals surface area contributed by atoms with Crippen LogP contribution >= 0.6 is 69.6 Å². The molecular weight excluding hydrogens is 567 g/mol. The Bertz CT molecular complexity index is 1250. The molecule has 3 N–H and O–H groups in total. The number of hydrogen-bond donors (Lipinski definition) is 3. The van der Waals surface area contributed by atoms with E-state index >= 15 is 0 Å². The molecule has 1 aliphatic rings. The van der Waals surface area contributed by atoms with Gasteiger partial charge in [-0.15, -0.1) is 33.4 Å². The van der Waals surface area contributed by atoms with Crippen LogP contribution in [0.15, 0.2) is 48.5 Å². The second-order valence-corrected chi connectivity index (χ2v) is 10.4. The third-order valence-corrected chi connectivity index (χ3v) is 6.90. The Morgan fingerprint density at radius 2 is 1.59 bits per heavy atom. The van der Waals surface area contributed by atoms with E-state index in [-0.39, 0.29) is 21.6 Å². The van der Waals surface area contributed by atoms with Crippen LogP contribution in [0.3, 0.4) is 0 Å². The van der Waals surface area contributed by atoms with Crippen molar-refractivity contribution >= 4 is 92.9 Å². The van der Waals surface area contributed by atoms with Crippen molar-refractivity contribution in [3.63, 3.8) is 0 Å². The summed E-state index contributed by atoms with van der Waals surface area (Å²) in [5.74, 6) is -2.01. The Balaban J connectivity index is 1.45. The van der Waals surface area contributed by atoms with E-state index in [2.05, 4.69) is 26.4 Å². The largest absolute Gasteiger partial charge is 0.326 e. The van der Waals surface area contributed by atoms with Gasteiger partial charge in [-0.3, -0.25) is 20.4 Å². The van der Waals surface area contributed by atoms with Crippen molar-refractivity contribution in [1.29, 1.82) is 0 Å². The van der Waals surface area contributed by atoms with Gasteiger partial charge >= 0.3 is 0 Å². The van der Waals surface area contributed by atoms with Crippen molar-refractivity contribution in [3.05, 3.63) is 79.9 Å². The number of nitrogens with zero attached hydrogens (tertiary/aromatic N) is 2. The van der Waals surface area contributed by atoms with Gasteiger partial charge in [0.25, 0.3) is 5.91 Å². The van der Waals surface area contributed by atoms with Crippen molar-refractivity contribution < 1.29 is 9.59 Å². The molecule has 1 aromatic heterocycles. The van der Waals surface area contributed by atoms with E-state index < -0.39 is 28.0 Å². The lowest BCUT2D eigenvalue weighted by atomic mass is 10.1. The molecule has 0 radical (unpaired) electrons. The number of hydrazine groups is 1. The Hall–Kier alpha value is -2.00. The second-order valence-electron chi connectivity index (χ2n) is 7.34. The first-order valence-corrected chi connectivity index (χ1v) is 11.8. The van der Waals surface area contributed by atoms with Crippen LogP contribution in [0.25, 0.3) is 0 Å². The average molecular weight is 580 g/mol. The number of halogens is 6. The number of hydrogen-bond acceptors (Lipinski definition) is 5. The topological polar surface area (TPSA) is 96.0 Å². The fraction of sp³-hybridized carbons (Fsp3) is 0.143. The number of amides is 2. The van der Waals surface area contributed by atoms with Crippen molar-refractivity contribution in [2.45, 2.75) is 10.3 Å². The zero-order valence-electron chi connectivity index (χ0n) is 16.8. The predicted molar refractivity (Wildman–Crippen MR) is 135 cm³/mol. The molecule has 0 spiro atoms. The molecule has 1 fully saturated rings. The molecule has 176 valence electrons. The van der Waals surface area contributed by atoms with Crippen molar-refractivity contribution in [2.75, 3.05) is 10.7 Å². The molecule has 1 heterocycles. The van der Waals surface area contributed by atoms with Crippen LogP contribution in [0.4, 0.5) is 11.5 Å². The van der Waals surface area contributed by atoms with Crippen LogP contribution in [-0.2, 0) is 4.79 Å². The van der Waals surface area contributed by atoms with E-state index in [0.717, 1.165) is 0 Å². The lowest BCUT2D eigenvalue weighted by molar-refractivity contribution is -0.117. The average Bonchev–Trinajstić information content (AvgIpc) is 3.36. The molecule has 1 aliphatic carbocycles. The van der Waals surface area contributed by atoms with Gasteiger partial charge in [-0.25, -0.2) is 0 Å². The SMILES string of the molecule is O=C(NNc1ccc(Cl)nn1)c1cc(NC(=O)[C@H]2[C@H](c3cc(Cl)cc(Cl)c3)C2(Cl)Cl)ccc1Cl. The maximum absolute atomic E-state index is 12.9. The zero-order valence-corrected chi connectivity index (χ0v) is 21.3. The highest BCUT2D eigenvalue weighted by Gasteiger charge is 2.67. The summed E-state index contributed by atoms with van der Waals surface area (Å²) in [4.78, 5) is 25.5. The normalized spacial score (nSPS) is 18.2. The van der Waals surface area contributed by atoms with Crippen LogP contribution in [-0.4, -0.2) is 26.3 Å². The Morgan fingerprint density at radius 3 is 2.24 bits per heavy atom. The van der Waals surface area contributed by atoms with Crippen LogP contribution < -0.4 is 16.2 Å². The van der Waals surface area contributed by atoms with Gasteiger partial charge in [0.2, 0.25) is 5.91 Å². The summed E-state index contributed by atoms with van der Waals surface area (Å²) in [6, 6.07) is 12.4. The molecule has 0 bridgehead atoms. The molecule has 3 aromatic rings. The van der Waals surface area contributed by atoms with E-state index in [1.807, 2.05) is 0 Å². The molecule has 1 saturated carbocycles. The summed E-state index contributed by atoms with van der Waals surface area (Å²) in [5.41, 5.74) is 6.11.